The van der Waals surface area contributed by atoms with E-state index < -0.39 is 11.0 Å². The van der Waals surface area contributed by atoms with Gasteiger partial charge in [0.25, 0.3) is 0 Å². The zero-order valence-electron chi connectivity index (χ0n) is 5.38. The molecule has 0 rings (SSSR count). The molecule has 0 unspecified atom stereocenters. The van der Waals surface area contributed by atoms with Crippen molar-refractivity contribution >= 4 is 67.3 Å². The van der Waals surface area contributed by atoms with E-state index in [1.807, 2.05) is 6.92 Å². The highest BCUT2D eigenvalue weighted by molar-refractivity contribution is 8.74. The molecule has 0 heterocycles. The third-order valence-corrected chi connectivity index (χ3v) is 9.28. The van der Waals surface area contributed by atoms with Crippen LogP contribution in [0, 0.1) is 0 Å². The monoisotopic (exact) mass is 293 g/mol. The maximum absolute atomic E-state index is 10.7. The van der Waals surface area contributed by atoms with E-state index in [9.17, 15) is 4.57 Å². The molecule has 0 radical (unpaired) electrons. The molecule has 9 heteroatoms. The highest BCUT2D eigenvalue weighted by atomic mass is 35.9. The second-order valence-electron chi connectivity index (χ2n) is 1.38. The zero-order chi connectivity index (χ0) is 9.12. The quantitative estimate of drug-likeness (QED) is 0.620. The van der Waals surface area contributed by atoms with Crippen molar-refractivity contribution in [3.8, 4) is 0 Å². The van der Waals surface area contributed by atoms with Crippen LogP contribution >= 0.6 is 67.3 Å². The Morgan fingerprint density at radius 2 is 1.82 bits per heavy atom. The first-order valence-corrected chi connectivity index (χ1v) is 11.0. The summed E-state index contributed by atoms with van der Waals surface area (Å²) in [5, 5.41) is 0. The van der Waals surface area contributed by atoms with E-state index in [-0.39, 0.29) is 0 Å². The van der Waals surface area contributed by atoms with E-state index in [2.05, 4.69) is 4.52 Å². The summed E-state index contributed by atoms with van der Waals surface area (Å²) in [6, 6.07) is 0. The van der Waals surface area contributed by atoms with Gasteiger partial charge in [0.15, 0.2) is 4.96 Å². The summed E-state index contributed by atoms with van der Waals surface area (Å²) in [7, 11) is 0. The highest BCUT2D eigenvalue weighted by Crippen LogP contribution is 2.78. The summed E-state index contributed by atoms with van der Waals surface area (Å²) in [5.74, 6) is -2.80. The van der Waals surface area contributed by atoms with Gasteiger partial charge in [0.2, 0.25) is 0 Å². The number of hydrogen-bond donors (Lipinski definition) is 0. The maximum Gasteiger partial charge on any atom is 0.365 e. The molecule has 0 saturated carbocycles. The van der Waals surface area contributed by atoms with Crippen LogP contribution in [0.2, 0.25) is 0 Å². The first-order chi connectivity index (χ1) is 4.77. The van der Waals surface area contributed by atoms with Gasteiger partial charge in [-0.1, -0.05) is 18.3 Å². The molecule has 11 heavy (non-hydrogen) atoms. The van der Waals surface area contributed by atoms with Gasteiger partial charge in [0.05, 0.1) is 0 Å². The van der Waals surface area contributed by atoms with Crippen LogP contribution in [0.3, 0.4) is 0 Å². The van der Waals surface area contributed by atoms with E-state index in [4.69, 9.17) is 45.0 Å². The van der Waals surface area contributed by atoms with Crippen molar-refractivity contribution in [3.05, 3.63) is 0 Å². The Balaban J connectivity index is 4.53. The molecule has 0 aromatic heterocycles. The molecule has 68 valence electrons. The average molecular weight is 295 g/mol. The fourth-order valence-electron chi connectivity index (χ4n) is 0.302. The van der Waals surface area contributed by atoms with Crippen LogP contribution in [0.25, 0.3) is 0 Å². The fraction of sp³-hybridized carbons (Fsp3) is 1.00. The predicted molar refractivity (Wildman–Crippen MR) is 58.5 cm³/mol. The lowest BCUT2D eigenvalue weighted by atomic mass is 11.0. The second-order valence-corrected chi connectivity index (χ2v) is 15.0. The van der Waals surface area contributed by atoms with Gasteiger partial charge in [-0.2, -0.15) is 4.52 Å². The molecule has 0 amide bonds. The summed E-state index contributed by atoms with van der Waals surface area (Å²) in [6.45, 7) is 1.85. The molecule has 0 saturated heterocycles. The lowest BCUT2D eigenvalue weighted by Gasteiger charge is -2.05. The van der Waals surface area contributed by atoms with E-state index in [1.54, 1.807) is 0 Å². The van der Waals surface area contributed by atoms with Crippen LogP contribution < -0.4 is 0 Å². The minimum Gasteiger partial charge on any atom is -0.262 e. The summed E-state index contributed by atoms with van der Waals surface area (Å²) in [5.41, 5.74) is 0. The molecule has 0 aliphatic rings. The molecule has 0 aromatic rings. The van der Waals surface area contributed by atoms with E-state index in [1.165, 1.54) is 11.4 Å². The summed E-state index contributed by atoms with van der Waals surface area (Å²) in [6.07, 6.45) is 0. The van der Waals surface area contributed by atoms with Crippen molar-refractivity contribution in [3.63, 3.8) is 0 Å². The lowest BCUT2D eigenvalue weighted by Crippen LogP contribution is -1.58. The van der Waals surface area contributed by atoms with Gasteiger partial charge >= 0.3 is 6.00 Å². The minimum absolute atomic E-state index is 0.679. The number of rotatable bonds is 3. The Bertz CT molecular complexity index is 220. The molecule has 0 aliphatic carbocycles. The molecular formula is C2H5Cl4NOP2S. The Morgan fingerprint density at radius 3 is 2.09 bits per heavy atom. The zero-order valence-corrected chi connectivity index (χ0v) is 11.0. The SMILES string of the molecule is CCSP(Cl)(Cl)=NP(=O)(Cl)Cl. The topological polar surface area (TPSA) is 29.4 Å². The molecular weight excluding hydrogens is 290 g/mol. The standard InChI is InChI=1S/C2H5Cl4NOP2S/c1-2-11-10(5,6)7-9(3,4)8/h2H2,1H3. The van der Waals surface area contributed by atoms with Crippen molar-refractivity contribution in [2.24, 2.45) is 4.52 Å². The predicted octanol–water partition coefficient (Wildman–Crippen LogP) is 5.75. The number of nitrogens with zero attached hydrogens (tertiary/aromatic N) is 1. The first kappa shape index (κ1) is 13.0. The van der Waals surface area contributed by atoms with Gasteiger partial charge in [-0.05, 0) is 50.7 Å². The molecule has 0 fully saturated rings. The van der Waals surface area contributed by atoms with Gasteiger partial charge in [0, 0.05) is 0 Å². The van der Waals surface area contributed by atoms with Crippen LogP contribution in [-0.2, 0) is 4.57 Å². The summed E-state index contributed by atoms with van der Waals surface area (Å²) in [4.78, 5) is -2.60. The van der Waals surface area contributed by atoms with E-state index in [0.29, 0.717) is 5.75 Å². The van der Waals surface area contributed by atoms with Crippen molar-refractivity contribution in [2.45, 2.75) is 6.92 Å². The van der Waals surface area contributed by atoms with Gasteiger partial charge in [-0.25, -0.2) is 0 Å². The van der Waals surface area contributed by atoms with Crippen LogP contribution in [0.4, 0.5) is 0 Å². The Kier molecular flexibility index (Phi) is 5.90. The third kappa shape index (κ3) is 8.30. The van der Waals surface area contributed by atoms with Gasteiger partial charge in [0.1, 0.15) is 0 Å². The Labute approximate surface area is 88.7 Å². The normalized spacial score (nSPS) is 13.2. The smallest absolute Gasteiger partial charge is 0.262 e. The second kappa shape index (κ2) is 5.00. The van der Waals surface area contributed by atoms with Gasteiger partial charge in [-0.15, -0.1) is 0 Å². The van der Waals surface area contributed by atoms with Crippen LogP contribution in [0.1, 0.15) is 6.92 Å². The van der Waals surface area contributed by atoms with E-state index in [0.717, 1.165) is 0 Å². The fourth-order valence-corrected chi connectivity index (χ4v) is 11.4. The summed E-state index contributed by atoms with van der Waals surface area (Å²) < 4.78 is 14.1. The highest BCUT2D eigenvalue weighted by Gasteiger charge is 2.20. The van der Waals surface area contributed by atoms with E-state index >= 15 is 0 Å². The largest absolute Gasteiger partial charge is 0.365 e. The van der Waals surface area contributed by atoms with Crippen LogP contribution in [-0.4, -0.2) is 5.75 Å². The molecule has 0 spiro atoms. The third-order valence-electron chi connectivity index (χ3n) is 0.493. The maximum atomic E-state index is 10.7. The number of halogens is 4. The summed E-state index contributed by atoms with van der Waals surface area (Å²) >= 11 is 22.8. The molecule has 2 nitrogen and oxygen atoms in total. The molecule has 0 bridgehead atoms. The first-order valence-electron chi connectivity index (χ1n) is 2.44. The average Bonchev–Trinajstić information content (AvgIpc) is 1.55. The van der Waals surface area contributed by atoms with Gasteiger partial charge in [-0.3, -0.25) is 4.57 Å². The van der Waals surface area contributed by atoms with Gasteiger partial charge < -0.3 is 0 Å². The Hall–Kier alpha value is 1.97. The Morgan fingerprint density at radius 1 is 1.36 bits per heavy atom. The number of hydrogen-bond acceptors (Lipinski definition) is 2. The van der Waals surface area contributed by atoms with Crippen LogP contribution in [0.15, 0.2) is 4.52 Å². The molecule has 0 aliphatic heterocycles. The molecule has 0 atom stereocenters. The van der Waals surface area contributed by atoms with Crippen molar-refractivity contribution in [2.75, 3.05) is 5.75 Å². The van der Waals surface area contributed by atoms with Crippen molar-refractivity contribution < 1.29 is 4.57 Å². The minimum atomic E-state index is -3.48. The molecule has 0 N–H and O–H groups in total. The molecule has 0 aromatic carbocycles. The lowest BCUT2D eigenvalue weighted by molar-refractivity contribution is 0.594. The van der Waals surface area contributed by atoms with Crippen molar-refractivity contribution in [1.29, 1.82) is 0 Å². The van der Waals surface area contributed by atoms with Crippen molar-refractivity contribution in [1.82, 2.24) is 0 Å². The van der Waals surface area contributed by atoms with Crippen LogP contribution in [0.5, 0.6) is 0 Å².